The first kappa shape index (κ1) is 8.72. The van der Waals surface area contributed by atoms with Crippen LogP contribution in [0.5, 0.6) is 0 Å². The fourth-order valence-electron chi connectivity index (χ4n) is 1.85. The highest BCUT2D eigenvalue weighted by Crippen LogP contribution is 2.23. The zero-order valence-electron chi connectivity index (χ0n) is 7.63. The maximum atomic E-state index is 11.0. The van der Waals surface area contributed by atoms with E-state index in [9.17, 15) is 4.79 Å². The Morgan fingerprint density at radius 1 is 1.64 bits per heavy atom. The second-order valence-electron chi connectivity index (χ2n) is 3.54. The molecule has 0 aromatic carbocycles. The van der Waals surface area contributed by atoms with Gasteiger partial charge in [-0.3, -0.25) is 4.79 Å². The Balaban J connectivity index is 2.49. The molecule has 0 aliphatic carbocycles. The van der Waals surface area contributed by atoms with E-state index in [0.717, 1.165) is 13.0 Å². The van der Waals surface area contributed by atoms with Crippen LogP contribution >= 0.6 is 0 Å². The molecule has 1 heterocycles. The molecule has 1 aliphatic rings. The molecule has 0 aromatic rings. The molecule has 2 heteroatoms. The average molecular weight is 155 g/mol. The molecular formula is C9H17NO. The molecule has 0 spiro atoms. The first-order valence-electron chi connectivity index (χ1n) is 4.35. The highest BCUT2D eigenvalue weighted by Gasteiger charge is 2.30. The molecule has 1 fully saturated rings. The average Bonchev–Trinajstić information content (AvgIpc) is 2.31. The summed E-state index contributed by atoms with van der Waals surface area (Å²) in [5.74, 6) is 0.665. The minimum atomic E-state index is 0.310. The van der Waals surface area contributed by atoms with Gasteiger partial charge >= 0.3 is 0 Å². The van der Waals surface area contributed by atoms with E-state index >= 15 is 0 Å². The Labute approximate surface area is 68.6 Å². The molecule has 0 N–H and O–H groups in total. The second kappa shape index (κ2) is 3.35. The van der Waals surface area contributed by atoms with Gasteiger partial charge in [0.05, 0.1) is 0 Å². The third kappa shape index (κ3) is 1.80. The monoisotopic (exact) mass is 155 g/mol. The van der Waals surface area contributed by atoms with E-state index in [1.54, 1.807) is 6.92 Å². The molecule has 0 aromatic heterocycles. The molecule has 1 aliphatic heterocycles. The summed E-state index contributed by atoms with van der Waals surface area (Å²) in [4.78, 5) is 13.3. The maximum Gasteiger partial charge on any atom is 0.134 e. The molecule has 2 atom stereocenters. The van der Waals surface area contributed by atoms with Gasteiger partial charge in [0, 0.05) is 18.5 Å². The SMILES string of the molecule is CC[C@@H]1C[C@H](C(C)=O)CN1C. The van der Waals surface area contributed by atoms with Gasteiger partial charge in [-0.15, -0.1) is 0 Å². The van der Waals surface area contributed by atoms with Crippen LogP contribution in [0.3, 0.4) is 0 Å². The van der Waals surface area contributed by atoms with Gasteiger partial charge in [0.25, 0.3) is 0 Å². The molecule has 2 nitrogen and oxygen atoms in total. The van der Waals surface area contributed by atoms with E-state index in [4.69, 9.17) is 0 Å². The Hall–Kier alpha value is -0.370. The van der Waals surface area contributed by atoms with Gasteiger partial charge in [0.1, 0.15) is 5.78 Å². The van der Waals surface area contributed by atoms with Crippen LogP contribution in [0.15, 0.2) is 0 Å². The molecule has 0 radical (unpaired) electrons. The van der Waals surface area contributed by atoms with Crippen LogP contribution in [0.25, 0.3) is 0 Å². The molecular weight excluding hydrogens is 138 g/mol. The van der Waals surface area contributed by atoms with Crippen molar-refractivity contribution in [3.63, 3.8) is 0 Å². The number of likely N-dealkylation sites (tertiary alicyclic amines) is 1. The van der Waals surface area contributed by atoms with E-state index in [1.807, 2.05) is 0 Å². The standard InChI is InChI=1S/C9H17NO/c1-4-9-5-8(7(2)11)6-10(9)3/h8-9H,4-6H2,1-3H3/t8-,9+/m0/s1. The van der Waals surface area contributed by atoms with Crippen molar-refractivity contribution in [2.45, 2.75) is 32.7 Å². The molecule has 1 saturated heterocycles. The van der Waals surface area contributed by atoms with Crippen molar-refractivity contribution < 1.29 is 4.79 Å². The lowest BCUT2D eigenvalue weighted by molar-refractivity contribution is -0.120. The number of hydrogen-bond donors (Lipinski definition) is 0. The molecule has 64 valence electrons. The molecule has 1 rings (SSSR count). The summed E-state index contributed by atoms with van der Waals surface area (Å²) in [7, 11) is 2.11. The summed E-state index contributed by atoms with van der Waals surface area (Å²) >= 11 is 0. The number of hydrogen-bond acceptors (Lipinski definition) is 2. The Bertz CT molecular complexity index is 156. The van der Waals surface area contributed by atoms with E-state index in [0.29, 0.717) is 17.7 Å². The van der Waals surface area contributed by atoms with Crippen molar-refractivity contribution in [2.75, 3.05) is 13.6 Å². The Morgan fingerprint density at radius 3 is 2.55 bits per heavy atom. The number of rotatable bonds is 2. The number of carbonyl (C=O) groups is 1. The first-order chi connectivity index (χ1) is 5.15. The van der Waals surface area contributed by atoms with Crippen LogP contribution in [0.1, 0.15) is 26.7 Å². The normalized spacial score (nSPS) is 32.6. The largest absolute Gasteiger partial charge is 0.303 e. The molecule has 0 bridgehead atoms. The van der Waals surface area contributed by atoms with Crippen molar-refractivity contribution >= 4 is 5.78 Å². The predicted octanol–water partition coefficient (Wildman–Crippen LogP) is 1.31. The fraction of sp³-hybridized carbons (Fsp3) is 0.889. The van der Waals surface area contributed by atoms with Gasteiger partial charge in [-0.1, -0.05) is 6.92 Å². The molecule has 11 heavy (non-hydrogen) atoms. The third-order valence-electron chi connectivity index (χ3n) is 2.73. The van der Waals surface area contributed by atoms with Crippen LogP contribution in [0, 0.1) is 5.92 Å². The van der Waals surface area contributed by atoms with Crippen molar-refractivity contribution in [2.24, 2.45) is 5.92 Å². The summed E-state index contributed by atoms with van der Waals surface area (Å²) in [6.07, 6.45) is 2.24. The van der Waals surface area contributed by atoms with E-state index in [1.165, 1.54) is 6.42 Å². The van der Waals surface area contributed by atoms with Gasteiger partial charge in [0.15, 0.2) is 0 Å². The minimum Gasteiger partial charge on any atom is -0.303 e. The smallest absolute Gasteiger partial charge is 0.134 e. The predicted molar refractivity (Wildman–Crippen MR) is 45.5 cm³/mol. The minimum absolute atomic E-state index is 0.310. The van der Waals surface area contributed by atoms with Crippen LogP contribution in [0.4, 0.5) is 0 Å². The highest BCUT2D eigenvalue weighted by atomic mass is 16.1. The van der Waals surface area contributed by atoms with Crippen molar-refractivity contribution in [1.82, 2.24) is 4.90 Å². The van der Waals surface area contributed by atoms with E-state index in [2.05, 4.69) is 18.9 Å². The number of nitrogens with zero attached hydrogens (tertiary/aromatic N) is 1. The van der Waals surface area contributed by atoms with Crippen molar-refractivity contribution in [1.29, 1.82) is 0 Å². The number of Topliss-reactive ketones (excluding diaryl/α,β-unsaturated/α-hetero) is 1. The van der Waals surface area contributed by atoms with Gasteiger partial charge in [-0.25, -0.2) is 0 Å². The van der Waals surface area contributed by atoms with Crippen LogP contribution in [-0.4, -0.2) is 30.3 Å². The maximum absolute atomic E-state index is 11.0. The van der Waals surface area contributed by atoms with Crippen molar-refractivity contribution in [3.05, 3.63) is 0 Å². The summed E-state index contributed by atoms with van der Waals surface area (Å²) < 4.78 is 0. The first-order valence-corrected chi connectivity index (χ1v) is 4.35. The zero-order chi connectivity index (χ0) is 8.43. The lowest BCUT2D eigenvalue weighted by Crippen LogP contribution is -2.24. The summed E-state index contributed by atoms with van der Waals surface area (Å²) in [6.45, 7) is 4.86. The van der Waals surface area contributed by atoms with Gasteiger partial charge in [0.2, 0.25) is 0 Å². The van der Waals surface area contributed by atoms with E-state index in [-0.39, 0.29) is 0 Å². The van der Waals surface area contributed by atoms with Crippen LogP contribution in [-0.2, 0) is 4.79 Å². The lowest BCUT2D eigenvalue weighted by atomic mass is 10.0. The van der Waals surface area contributed by atoms with Gasteiger partial charge in [-0.2, -0.15) is 0 Å². The van der Waals surface area contributed by atoms with Crippen molar-refractivity contribution in [3.8, 4) is 0 Å². The number of carbonyl (C=O) groups excluding carboxylic acids is 1. The quantitative estimate of drug-likeness (QED) is 0.599. The topological polar surface area (TPSA) is 20.3 Å². The summed E-state index contributed by atoms with van der Waals surface area (Å²) in [6, 6.07) is 0.642. The van der Waals surface area contributed by atoms with Crippen LogP contribution in [0.2, 0.25) is 0 Å². The highest BCUT2D eigenvalue weighted by molar-refractivity contribution is 5.78. The molecule has 0 saturated carbocycles. The zero-order valence-corrected chi connectivity index (χ0v) is 7.63. The van der Waals surface area contributed by atoms with Gasteiger partial charge < -0.3 is 4.90 Å². The Kier molecular flexibility index (Phi) is 2.66. The lowest BCUT2D eigenvalue weighted by Gasteiger charge is -2.15. The number of ketones is 1. The Morgan fingerprint density at radius 2 is 2.27 bits per heavy atom. The van der Waals surface area contributed by atoms with Gasteiger partial charge in [-0.05, 0) is 26.8 Å². The molecule has 0 unspecified atom stereocenters. The summed E-state index contributed by atoms with van der Waals surface area (Å²) in [5.41, 5.74) is 0. The molecule has 0 amide bonds. The van der Waals surface area contributed by atoms with Crippen LogP contribution < -0.4 is 0 Å². The third-order valence-corrected chi connectivity index (χ3v) is 2.73. The second-order valence-corrected chi connectivity index (χ2v) is 3.54. The van der Waals surface area contributed by atoms with E-state index < -0.39 is 0 Å². The summed E-state index contributed by atoms with van der Waals surface area (Å²) in [5, 5.41) is 0. The fourth-order valence-corrected chi connectivity index (χ4v) is 1.85.